The van der Waals surface area contributed by atoms with Gasteiger partial charge in [0.15, 0.2) is 0 Å². The Bertz CT molecular complexity index is 1240. The Labute approximate surface area is 165 Å². The Balaban J connectivity index is 1.56. The zero-order chi connectivity index (χ0) is 19.1. The molecule has 0 unspecified atom stereocenters. The van der Waals surface area contributed by atoms with Crippen molar-refractivity contribution in [3.05, 3.63) is 86.5 Å². The third kappa shape index (κ3) is 3.06. The fourth-order valence-corrected chi connectivity index (χ4v) is 4.98. The quantitative estimate of drug-likeness (QED) is 0.519. The van der Waals surface area contributed by atoms with Crippen LogP contribution in [0, 0.1) is 5.82 Å². The molecule has 5 rings (SSSR count). The first-order valence-corrected chi connectivity index (χ1v) is 10.4. The lowest BCUT2D eigenvalue weighted by molar-refractivity contribution is 0.612. The smallest absolute Gasteiger partial charge is 0.260 e. The largest absolute Gasteiger partial charge is 0.310 e. The Morgan fingerprint density at radius 3 is 2.75 bits per heavy atom. The Kier molecular flexibility index (Phi) is 4.32. The molecule has 0 bridgehead atoms. The molecule has 0 spiro atoms. The monoisotopic (exact) mass is 390 g/mol. The third-order valence-electron chi connectivity index (χ3n) is 5.47. The van der Waals surface area contributed by atoms with Crippen LogP contribution in [0.2, 0.25) is 0 Å². The van der Waals surface area contributed by atoms with Crippen molar-refractivity contribution in [2.45, 2.75) is 32.1 Å². The normalized spacial score (nSPS) is 13.6. The molecule has 4 aromatic rings. The van der Waals surface area contributed by atoms with E-state index in [1.807, 2.05) is 5.38 Å². The maximum atomic E-state index is 13.9. The maximum absolute atomic E-state index is 13.9. The van der Waals surface area contributed by atoms with Gasteiger partial charge in [0, 0.05) is 17.4 Å². The number of nitrogens with one attached hydrogen (secondary N) is 1. The summed E-state index contributed by atoms with van der Waals surface area (Å²) < 4.78 is 13.9. The number of H-pyrrole nitrogens is 1. The second-order valence-corrected chi connectivity index (χ2v) is 8.16. The summed E-state index contributed by atoms with van der Waals surface area (Å²) in [6.45, 7) is 0. The highest BCUT2D eigenvalue weighted by atomic mass is 32.1. The van der Waals surface area contributed by atoms with Crippen molar-refractivity contribution in [2.75, 3.05) is 0 Å². The number of aromatic nitrogens is 2. The van der Waals surface area contributed by atoms with E-state index in [0.717, 1.165) is 24.0 Å². The van der Waals surface area contributed by atoms with E-state index in [9.17, 15) is 9.18 Å². The van der Waals surface area contributed by atoms with Crippen LogP contribution in [-0.2, 0) is 19.3 Å². The van der Waals surface area contributed by atoms with Crippen LogP contribution >= 0.6 is 11.3 Å². The molecule has 5 heteroatoms. The highest BCUT2D eigenvalue weighted by Crippen LogP contribution is 2.33. The summed E-state index contributed by atoms with van der Waals surface area (Å²) in [6.07, 6.45) is 4.99. The zero-order valence-electron chi connectivity index (χ0n) is 15.3. The number of nitrogens with zero attached hydrogens (tertiary/aromatic N) is 1. The van der Waals surface area contributed by atoms with Crippen LogP contribution in [-0.4, -0.2) is 9.97 Å². The van der Waals surface area contributed by atoms with E-state index < -0.39 is 0 Å². The molecule has 0 atom stereocenters. The van der Waals surface area contributed by atoms with Crippen molar-refractivity contribution in [2.24, 2.45) is 0 Å². The van der Waals surface area contributed by atoms with Crippen LogP contribution < -0.4 is 5.56 Å². The van der Waals surface area contributed by atoms with Crippen molar-refractivity contribution >= 4 is 21.6 Å². The zero-order valence-corrected chi connectivity index (χ0v) is 16.1. The van der Waals surface area contributed by atoms with Gasteiger partial charge in [-0.15, -0.1) is 11.3 Å². The summed E-state index contributed by atoms with van der Waals surface area (Å²) in [5, 5.41) is 2.63. The van der Waals surface area contributed by atoms with Crippen molar-refractivity contribution in [1.82, 2.24) is 9.97 Å². The van der Waals surface area contributed by atoms with Crippen molar-refractivity contribution in [1.29, 1.82) is 0 Å². The first kappa shape index (κ1) is 17.3. The van der Waals surface area contributed by atoms with Crippen LogP contribution in [0.1, 0.15) is 35.4 Å². The summed E-state index contributed by atoms with van der Waals surface area (Å²) >= 11 is 1.46. The third-order valence-corrected chi connectivity index (χ3v) is 6.34. The van der Waals surface area contributed by atoms with Crippen LogP contribution in [0.15, 0.2) is 52.6 Å². The number of hydrogen-bond acceptors (Lipinski definition) is 3. The number of rotatable bonds is 3. The lowest BCUT2D eigenvalue weighted by Crippen LogP contribution is -2.12. The minimum atomic E-state index is -0.286. The molecule has 2 aromatic carbocycles. The molecule has 0 saturated heterocycles. The molecule has 0 aliphatic heterocycles. The predicted molar refractivity (Wildman–Crippen MR) is 112 cm³/mol. The number of aryl methyl sites for hydroxylation is 2. The van der Waals surface area contributed by atoms with Gasteiger partial charge in [-0.2, -0.15) is 0 Å². The molecule has 1 N–H and O–H groups in total. The highest BCUT2D eigenvalue weighted by Gasteiger charge is 2.16. The summed E-state index contributed by atoms with van der Waals surface area (Å²) in [5.41, 5.74) is 5.18. The summed E-state index contributed by atoms with van der Waals surface area (Å²) in [7, 11) is 0. The molecule has 2 heterocycles. The van der Waals surface area contributed by atoms with Crippen molar-refractivity contribution in [3.8, 4) is 11.1 Å². The van der Waals surface area contributed by atoms with Crippen LogP contribution in [0.5, 0.6) is 0 Å². The first-order valence-electron chi connectivity index (χ1n) is 9.55. The fraction of sp³-hybridized carbons (Fsp3) is 0.217. The molecule has 0 amide bonds. The number of fused-ring (bicyclic) bond motifs is 2. The second-order valence-electron chi connectivity index (χ2n) is 7.30. The van der Waals surface area contributed by atoms with E-state index in [4.69, 9.17) is 0 Å². The average Bonchev–Trinajstić information content (AvgIpc) is 3.14. The molecule has 1 aliphatic carbocycles. The summed E-state index contributed by atoms with van der Waals surface area (Å²) in [6, 6.07) is 13.1. The molecule has 3 nitrogen and oxygen atoms in total. The molecule has 0 saturated carbocycles. The van der Waals surface area contributed by atoms with Crippen LogP contribution in [0.4, 0.5) is 4.39 Å². The Hall–Kier alpha value is -2.79. The Morgan fingerprint density at radius 2 is 1.89 bits per heavy atom. The number of benzene rings is 2. The van der Waals surface area contributed by atoms with E-state index >= 15 is 0 Å². The summed E-state index contributed by atoms with van der Waals surface area (Å²) in [4.78, 5) is 21.0. The molecule has 2 aromatic heterocycles. The minimum Gasteiger partial charge on any atom is -0.310 e. The highest BCUT2D eigenvalue weighted by molar-refractivity contribution is 7.17. The lowest BCUT2D eigenvalue weighted by atomic mass is 9.89. The molecule has 0 fully saturated rings. The van der Waals surface area contributed by atoms with Gasteiger partial charge >= 0.3 is 0 Å². The number of hydrogen-bond donors (Lipinski definition) is 1. The van der Waals surface area contributed by atoms with Gasteiger partial charge in [-0.05, 0) is 54.0 Å². The molecule has 1 aliphatic rings. The van der Waals surface area contributed by atoms with Crippen molar-refractivity contribution < 1.29 is 4.39 Å². The lowest BCUT2D eigenvalue weighted by Gasteiger charge is -2.16. The number of thiophene rings is 1. The summed E-state index contributed by atoms with van der Waals surface area (Å²) in [5.74, 6) is 0.201. The topological polar surface area (TPSA) is 45.8 Å². The Morgan fingerprint density at radius 1 is 1.07 bits per heavy atom. The van der Waals surface area contributed by atoms with Gasteiger partial charge in [0.2, 0.25) is 0 Å². The first-order chi connectivity index (χ1) is 13.7. The van der Waals surface area contributed by atoms with Crippen molar-refractivity contribution in [3.63, 3.8) is 0 Å². The molecule has 140 valence electrons. The van der Waals surface area contributed by atoms with Gasteiger partial charge in [-0.25, -0.2) is 9.37 Å². The van der Waals surface area contributed by atoms with Gasteiger partial charge in [0.05, 0.1) is 5.39 Å². The number of aromatic amines is 1. The second kappa shape index (κ2) is 6.99. The van der Waals surface area contributed by atoms with Gasteiger partial charge in [-0.3, -0.25) is 4.79 Å². The van der Waals surface area contributed by atoms with Crippen LogP contribution in [0.3, 0.4) is 0 Å². The molecule has 28 heavy (non-hydrogen) atoms. The predicted octanol–water partition coefficient (Wildman–Crippen LogP) is 5.26. The van der Waals surface area contributed by atoms with E-state index in [1.165, 1.54) is 41.4 Å². The van der Waals surface area contributed by atoms with Gasteiger partial charge in [0.25, 0.3) is 5.56 Å². The van der Waals surface area contributed by atoms with E-state index in [1.54, 1.807) is 18.2 Å². The SMILES string of the molecule is O=c1[nH]c(Cc2ccccc2F)nc2scc(-c3ccc4c(c3)CCCC4)c12. The average molecular weight is 390 g/mol. The standard InChI is InChI=1S/C23H19FN2OS/c24-19-8-4-3-7-17(19)12-20-25-22(27)21-18(13-28-23(21)26-20)16-10-9-14-5-1-2-6-15(14)11-16/h3-4,7-11,13H,1-2,5-6,12H2,(H,25,26,27). The van der Waals surface area contributed by atoms with Gasteiger partial charge < -0.3 is 4.98 Å². The fourth-order valence-electron chi connectivity index (χ4n) is 4.01. The maximum Gasteiger partial charge on any atom is 0.260 e. The molecular formula is C23H19FN2OS. The van der Waals surface area contributed by atoms with Gasteiger partial charge in [-0.1, -0.05) is 36.4 Å². The van der Waals surface area contributed by atoms with Crippen LogP contribution in [0.25, 0.3) is 21.3 Å². The van der Waals surface area contributed by atoms with E-state index in [2.05, 4.69) is 28.2 Å². The molecule has 0 radical (unpaired) electrons. The minimum absolute atomic E-state index is 0.162. The van der Waals surface area contributed by atoms with E-state index in [-0.39, 0.29) is 17.8 Å². The number of halogens is 1. The van der Waals surface area contributed by atoms with Gasteiger partial charge in [0.1, 0.15) is 16.5 Å². The molecular weight excluding hydrogens is 371 g/mol. The van der Waals surface area contributed by atoms with E-state index in [0.29, 0.717) is 21.6 Å².